The minimum atomic E-state index is 0.00354. The van der Waals surface area contributed by atoms with Gasteiger partial charge in [0.2, 0.25) is 5.91 Å². The van der Waals surface area contributed by atoms with Gasteiger partial charge in [-0.05, 0) is 39.2 Å². The quantitative estimate of drug-likeness (QED) is 0.830. The summed E-state index contributed by atoms with van der Waals surface area (Å²) in [5.41, 5.74) is 4.49. The summed E-state index contributed by atoms with van der Waals surface area (Å²) >= 11 is 1.48. The second-order valence-corrected chi connectivity index (χ2v) is 7.72. The summed E-state index contributed by atoms with van der Waals surface area (Å²) in [7, 11) is 0. The van der Waals surface area contributed by atoms with E-state index < -0.39 is 0 Å². The molecular formula is C19H27N3O2S. The van der Waals surface area contributed by atoms with Gasteiger partial charge in [-0.2, -0.15) is 0 Å². The van der Waals surface area contributed by atoms with Crippen LogP contribution in [-0.2, 0) is 16.1 Å². The van der Waals surface area contributed by atoms with Crippen molar-refractivity contribution in [3.8, 4) is 11.3 Å². The molecule has 1 N–H and O–H groups in total. The number of ether oxygens (including phenoxy) is 1. The van der Waals surface area contributed by atoms with E-state index >= 15 is 0 Å². The molecule has 5 nitrogen and oxygen atoms in total. The molecule has 136 valence electrons. The van der Waals surface area contributed by atoms with Crippen LogP contribution < -0.4 is 5.32 Å². The highest BCUT2D eigenvalue weighted by molar-refractivity contribution is 7.14. The monoisotopic (exact) mass is 361 g/mol. The molecule has 0 saturated carbocycles. The Balaban J connectivity index is 1.77. The van der Waals surface area contributed by atoms with Gasteiger partial charge >= 0.3 is 0 Å². The van der Waals surface area contributed by atoms with Gasteiger partial charge in [-0.1, -0.05) is 13.8 Å². The fourth-order valence-corrected chi connectivity index (χ4v) is 3.92. The molecule has 0 spiro atoms. The first kappa shape index (κ1) is 18.1. The lowest BCUT2D eigenvalue weighted by molar-refractivity contribution is -0.119. The van der Waals surface area contributed by atoms with Crippen LogP contribution >= 0.6 is 11.3 Å². The number of thiazole rings is 1. The second kappa shape index (κ2) is 7.70. The Morgan fingerprint density at radius 1 is 1.52 bits per heavy atom. The first-order valence-corrected chi connectivity index (χ1v) is 9.92. The number of carbonyl (C=O) groups excluding carboxylic acids is 1. The van der Waals surface area contributed by atoms with Crippen LogP contribution in [0.2, 0.25) is 0 Å². The maximum absolute atomic E-state index is 12.0. The van der Waals surface area contributed by atoms with E-state index in [0.29, 0.717) is 11.2 Å². The average molecular weight is 362 g/mol. The minimum absolute atomic E-state index is 0.00354. The van der Waals surface area contributed by atoms with Crippen molar-refractivity contribution in [3.63, 3.8) is 0 Å². The minimum Gasteiger partial charge on any atom is -0.376 e. The molecule has 0 aliphatic carbocycles. The molecule has 2 aromatic rings. The van der Waals surface area contributed by atoms with Crippen LogP contribution in [0, 0.1) is 19.8 Å². The molecule has 0 aromatic carbocycles. The molecule has 1 saturated heterocycles. The Bertz CT molecular complexity index is 744. The van der Waals surface area contributed by atoms with Gasteiger partial charge in [-0.3, -0.25) is 4.79 Å². The molecule has 25 heavy (non-hydrogen) atoms. The molecule has 1 amide bonds. The Morgan fingerprint density at radius 3 is 3.00 bits per heavy atom. The normalized spacial score (nSPS) is 18.5. The molecular weight excluding hydrogens is 334 g/mol. The van der Waals surface area contributed by atoms with Crippen LogP contribution in [0.15, 0.2) is 11.4 Å². The average Bonchev–Trinajstić information content (AvgIpc) is 3.32. The third kappa shape index (κ3) is 3.96. The number of nitrogens with one attached hydrogen (secondary N) is 1. The molecule has 2 aromatic heterocycles. The topological polar surface area (TPSA) is 56.2 Å². The van der Waals surface area contributed by atoms with Crippen LogP contribution in [0.5, 0.6) is 0 Å². The van der Waals surface area contributed by atoms with Crippen molar-refractivity contribution in [2.45, 2.75) is 59.6 Å². The summed E-state index contributed by atoms with van der Waals surface area (Å²) in [4.78, 5) is 16.7. The molecule has 6 heteroatoms. The summed E-state index contributed by atoms with van der Waals surface area (Å²) in [5.74, 6) is 0.0380. The number of amides is 1. The van der Waals surface area contributed by atoms with Gasteiger partial charge in [0.05, 0.1) is 11.8 Å². The van der Waals surface area contributed by atoms with E-state index in [1.807, 2.05) is 19.2 Å². The van der Waals surface area contributed by atoms with Crippen molar-refractivity contribution in [1.82, 2.24) is 9.55 Å². The number of anilines is 1. The predicted molar refractivity (Wildman–Crippen MR) is 102 cm³/mol. The van der Waals surface area contributed by atoms with Gasteiger partial charge in [-0.15, -0.1) is 11.3 Å². The van der Waals surface area contributed by atoms with E-state index in [-0.39, 0.29) is 11.8 Å². The molecule has 2 atom stereocenters. The zero-order valence-electron chi connectivity index (χ0n) is 15.5. The van der Waals surface area contributed by atoms with Crippen LogP contribution in [-0.4, -0.2) is 28.2 Å². The van der Waals surface area contributed by atoms with Crippen LogP contribution in [0.1, 0.15) is 44.5 Å². The molecule has 1 aliphatic rings. The standard InChI is InChI=1S/C19H27N3O2S/c1-5-12(2)18(23)21-19-20-17(11-25-19)16-9-13(3)22(14(16)4)10-15-7-6-8-24-15/h9,11-12,15H,5-8,10H2,1-4H3,(H,20,21,23). The number of aryl methyl sites for hydroxylation is 1. The zero-order chi connectivity index (χ0) is 18.0. The third-order valence-electron chi connectivity index (χ3n) is 5.05. The number of nitrogens with zero attached hydrogens (tertiary/aromatic N) is 2. The van der Waals surface area contributed by atoms with Gasteiger partial charge in [0.1, 0.15) is 0 Å². The fraction of sp³-hybridized carbons (Fsp3) is 0.579. The SMILES string of the molecule is CCC(C)C(=O)Nc1nc(-c2cc(C)n(CC3CCCO3)c2C)cs1. The fourth-order valence-electron chi connectivity index (χ4n) is 3.20. The molecule has 0 radical (unpaired) electrons. The van der Waals surface area contributed by atoms with Gasteiger partial charge in [0.15, 0.2) is 5.13 Å². The van der Waals surface area contributed by atoms with Crippen LogP contribution in [0.4, 0.5) is 5.13 Å². The summed E-state index contributed by atoms with van der Waals surface area (Å²) in [5, 5.41) is 5.61. The largest absolute Gasteiger partial charge is 0.376 e. The first-order chi connectivity index (χ1) is 12.0. The van der Waals surface area contributed by atoms with Crippen LogP contribution in [0.3, 0.4) is 0 Å². The molecule has 2 unspecified atom stereocenters. The van der Waals surface area contributed by atoms with Gasteiger partial charge in [0, 0.05) is 41.4 Å². The lowest BCUT2D eigenvalue weighted by Gasteiger charge is -2.14. The molecule has 1 fully saturated rings. The highest BCUT2D eigenvalue weighted by Crippen LogP contribution is 2.31. The number of hydrogen-bond donors (Lipinski definition) is 1. The van der Waals surface area contributed by atoms with E-state index in [1.165, 1.54) is 22.7 Å². The number of rotatable bonds is 6. The smallest absolute Gasteiger partial charge is 0.228 e. The van der Waals surface area contributed by atoms with Crippen LogP contribution in [0.25, 0.3) is 11.3 Å². The van der Waals surface area contributed by atoms with Crippen molar-refractivity contribution in [3.05, 3.63) is 22.8 Å². The Labute approximate surface area is 153 Å². The summed E-state index contributed by atoms with van der Waals surface area (Å²) in [6.45, 7) is 9.99. The highest BCUT2D eigenvalue weighted by atomic mass is 32.1. The van der Waals surface area contributed by atoms with Gasteiger partial charge < -0.3 is 14.6 Å². The lowest BCUT2D eigenvalue weighted by Crippen LogP contribution is -2.19. The van der Waals surface area contributed by atoms with E-state index in [4.69, 9.17) is 4.74 Å². The van der Waals surface area contributed by atoms with Crippen molar-refractivity contribution in [2.24, 2.45) is 5.92 Å². The zero-order valence-corrected chi connectivity index (χ0v) is 16.3. The van der Waals surface area contributed by atoms with E-state index in [1.54, 1.807) is 0 Å². The third-order valence-corrected chi connectivity index (χ3v) is 5.81. The van der Waals surface area contributed by atoms with Crippen molar-refractivity contribution < 1.29 is 9.53 Å². The van der Waals surface area contributed by atoms with E-state index in [9.17, 15) is 4.79 Å². The molecule has 3 heterocycles. The Kier molecular flexibility index (Phi) is 5.59. The van der Waals surface area contributed by atoms with Crippen molar-refractivity contribution in [1.29, 1.82) is 0 Å². The Hall–Kier alpha value is -1.66. The van der Waals surface area contributed by atoms with Crippen molar-refractivity contribution in [2.75, 3.05) is 11.9 Å². The summed E-state index contributed by atoms with van der Waals surface area (Å²) < 4.78 is 8.10. The maximum Gasteiger partial charge on any atom is 0.228 e. The van der Waals surface area contributed by atoms with E-state index in [2.05, 4.69) is 34.8 Å². The van der Waals surface area contributed by atoms with Gasteiger partial charge in [0.25, 0.3) is 0 Å². The van der Waals surface area contributed by atoms with Gasteiger partial charge in [-0.25, -0.2) is 4.98 Å². The lowest BCUT2D eigenvalue weighted by atomic mass is 10.1. The number of carbonyl (C=O) groups is 1. The molecule has 3 rings (SSSR count). The maximum atomic E-state index is 12.0. The van der Waals surface area contributed by atoms with Crippen molar-refractivity contribution >= 4 is 22.4 Å². The summed E-state index contributed by atoms with van der Waals surface area (Å²) in [6, 6.07) is 2.18. The number of hydrogen-bond acceptors (Lipinski definition) is 4. The van der Waals surface area contributed by atoms with E-state index in [0.717, 1.165) is 43.7 Å². The summed E-state index contributed by atoms with van der Waals surface area (Å²) in [6.07, 6.45) is 3.43. The number of aromatic nitrogens is 2. The second-order valence-electron chi connectivity index (χ2n) is 6.87. The predicted octanol–water partition coefficient (Wildman–Crippen LogP) is 4.39. The molecule has 0 bridgehead atoms. The first-order valence-electron chi connectivity index (χ1n) is 9.04. The highest BCUT2D eigenvalue weighted by Gasteiger charge is 2.20. The molecule has 1 aliphatic heterocycles. The Morgan fingerprint density at radius 2 is 2.32 bits per heavy atom.